The van der Waals surface area contributed by atoms with Gasteiger partial charge in [0.15, 0.2) is 11.5 Å². The van der Waals surface area contributed by atoms with Crippen molar-refractivity contribution in [2.24, 2.45) is 5.73 Å². The molecule has 184 valence electrons. The lowest BCUT2D eigenvalue weighted by Gasteiger charge is -2.30. The van der Waals surface area contributed by atoms with Crippen LogP contribution in [0, 0.1) is 5.82 Å². The molecule has 1 aromatic carbocycles. The molecule has 5 rings (SSSR count). The van der Waals surface area contributed by atoms with Crippen LogP contribution in [0.2, 0.25) is 0 Å². The molecular weight excluding hydrogens is 468 g/mol. The van der Waals surface area contributed by atoms with Crippen molar-refractivity contribution in [2.45, 2.75) is 24.7 Å². The first-order chi connectivity index (χ1) is 16.7. The number of benzene rings is 1. The smallest absolute Gasteiger partial charge is 0.408 e. The van der Waals surface area contributed by atoms with Crippen molar-refractivity contribution < 1.29 is 27.4 Å². The lowest BCUT2D eigenvalue weighted by molar-refractivity contribution is -0.183. The number of aromatic nitrogens is 4. The Kier molecular flexibility index (Phi) is 6.03. The Morgan fingerprint density at radius 2 is 2.00 bits per heavy atom. The topological polar surface area (TPSA) is 102 Å². The Morgan fingerprint density at radius 1 is 1.17 bits per heavy atom. The van der Waals surface area contributed by atoms with Crippen LogP contribution in [-0.2, 0) is 0 Å². The third-order valence-electron chi connectivity index (χ3n) is 5.97. The number of nitrogens with two attached hydrogens (primary N) is 1. The van der Waals surface area contributed by atoms with Crippen molar-refractivity contribution >= 4 is 16.6 Å². The van der Waals surface area contributed by atoms with Crippen LogP contribution in [0.5, 0.6) is 5.75 Å². The molecule has 3 N–H and O–H groups in total. The second-order valence-electron chi connectivity index (χ2n) is 8.45. The van der Waals surface area contributed by atoms with Gasteiger partial charge in [-0.2, -0.15) is 13.2 Å². The number of fused-ring (bicyclic) bond motifs is 2. The maximum Gasteiger partial charge on any atom is 0.408 e. The molecule has 1 saturated heterocycles. The van der Waals surface area contributed by atoms with Gasteiger partial charge in [-0.3, -0.25) is 9.30 Å². The summed E-state index contributed by atoms with van der Waals surface area (Å²) in [5.41, 5.74) is 6.89. The van der Waals surface area contributed by atoms with E-state index in [-0.39, 0.29) is 49.5 Å². The minimum atomic E-state index is -4.50. The number of likely N-dealkylation sites (tertiary alicyclic amines) is 1. The van der Waals surface area contributed by atoms with E-state index in [1.165, 1.54) is 33.7 Å². The summed E-state index contributed by atoms with van der Waals surface area (Å²) in [4.78, 5) is 5.86. The van der Waals surface area contributed by atoms with Gasteiger partial charge >= 0.3 is 6.18 Å². The molecular formula is C23H22F4N6O2. The SMILES string of the molecule is NC1CCN([C@H](c2ccc3nnc(-c4ccc5cc(F)cc(OCCO)c5n4)n3c2)C(F)(F)F)C1. The first-order valence-corrected chi connectivity index (χ1v) is 11.0. The van der Waals surface area contributed by atoms with E-state index < -0.39 is 18.0 Å². The number of hydrogen-bond acceptors (Lipinski definition) is 7. The molecule has 35 heavy (non-hydrogen) atoms. The Bertz CT molecular complexity index is 1380. The molecule has 4 heterocycles. The first-order valence-electron chi connectivity index (χ1n) is 11.0. The van der Waals surface area contributed by atoms with Crippen LogP contribution in [0.3, 0.4) is 0 Å². The molecule has 0 spiro atoms. The zero-order chi connectivity index (χ0) is 24.7. The van der Waals surface area contributed by atoms with Gasteiger partial charge in [-0.1, -0.05) is 12.1 Å². The molecule has 4 aromatic rings. The highest BCUT2D eigenvalue weighted by Crippen LogP contribution is 2.39. The quantitative estimate of drug-likeness (QED) is 0.401. The van der Waals surface area contributed by atoms with E-state index in [0.29, 0.717) is 28.7 Å². The zero-order valence-corrected chi connectivity index (χ0v) is 18.4. The number of hydrogen-bond donors (Lipinski definition) is 2. The third-order valence-corrected chi connectivity index (χ3v) is 5.97. The van der Waals surface area contributed by atoms with Crippen molar-refractivity contribution in [1.29, 1.82) is 0 Å². The average molecular weight is 490 g/mol. The normalized spacial score (nSPS) is 17.9. The Labute approximate surface area is 196 Å². The number of ether oxygens (including phenoxy) is 1. The molecule has 0 radical (unpaired) electrons. The van der Waals surface area contributed by atoms with Gasteiger partial charge in [0.05, 0.1) is 6.61 Å². The third kappa shape index (κ3) is 4.51. The zero-order valence-electron chi connectivity index (χ0n) is 18.4. The van der Waals surface area contributed by atoms with E-state index in [1.54, 1.807) is 12.1 Å². The van der Waals surface area contributed by atoms with Crippen LogP contribution >= 0.6 is 0 Å². The summed E-state index contributed by atoms with van der Waals surface area (Å²) in [7, 11) is 0. The van der Waals surface area contributed by atoms with E-state index in [1.807, 2.05) is 0 Å². The molecule has 0 bridgehead atoms. The summed E-state index contributed by atoms with van der Waals surface area (Å²) in [6.07, 6.45) is -2.64. The van der Waals surface area contributed by atoms with Crippen LogP contribution in [0.15, 0.2) is 42.6 Å². The molecule has 0 aliphatic carbocycles. The van der Waals surface area contributed by atoms with Gasteiger partial charge in [-0.05, 0) is 30.2 Å². The highest BCUT2D eigenvalue weighted by atomic mass is 19.4. The number of aliphatic hydroxyl groups is 1. The summed E-state index contributed by atoms with van der Waals surface area (Å²) >= 11 is 0. The van der Waals surface area contributed by atoms with Crippen LogP contribution in [-0.4, -0.2) is 68.1 Å². The monoisotopic (exact) mass is 490 g/mol. The second kappa shape index (κ2) is 9.02. The van der Waals surface area contributed by atoms with Crippen molar-refractivity contribution in [3.63, 3.8) is 0 Å². The Hall–Kier alpha value is -3.35. The van der Waals surface area contributed by atoms with E-state index in [0.717, 1.165) is 6.07 Å². The number of nitrogens with zero attached hydrogens (tertiary/aromatic N) is 5. The molecule has 0 saturated carbocycles. The first kappa shape index (κ1) is 23.4. The average Bonchev–Trinajstić information content (AvgIpc) is 3.42. The van der Waals surface area contributed by atoms with Crippen LogP contribution in [0.25, 0.3) is 28.1 Å². The van der Waals surface area contributed by atoms with E-state index in [4.69, 9.17) is 15.6 Å². The standard InChI is InChI=1S/C23H22F4N6O2/c24-15-9-13-1-3-17(29-20(13)18(10-15)35-8-7-34)22-31-30-19-4-2-14(11-33(19)22)21(23(25,26)27)32-6-5-16(28)12-32/h1-4,9-11,16,21,34H,5-8,12,28H2/t16?,21-/m1/s1. The maximum absolute atomic E-state index is 14.1. The van der Waals surface area contributed by atoms with Gasteiger partial charge in [-0.15, -0.1) is 10.2 Å². The van der Waals surface area contributed by atoms with Gasteiger partial charge in [0.1, 0.15) is 35.4 Å². The van der Waals surface area contributed by atoms with Crippen LogP contribution < -0.4 is 10.5 Å². The number of aliphatic hydroxyl groups excluding tert-OH is 1. The van der Waals surface area contributed by atoms with Gasteiger partial charge in [-0.25, -0.2) is 9.37 Å². The summed E-state index contributed by atoms with van der Waals surface area (Å²) < 4.78 is 63.1. The van der Waals surface area contributed by atoms with E-state index >= 15 is 0 Å². The second-order valence-corrected chi connectivity index (χ2v) is 8.45. The molecule has 2 atom stereocenters. The molecule has 8 nitrogen and oxygen atoms in total. The molecule has 12 heteroatoms. The molecule has 1 aliphatic heterocycles. The summed E-state index contributed by atoms with van der Waals surface area (Å²) in [5, 5.41) is 17.7. The number of alkyl halides is 3. The van der Waals surface area contributed by atoms with Crippen LogP contribution in [0.4, 0.5) is 17.6 Å². The summed E-state index contributed by atoms with van der Waals surface area (Å²) in [6, 6.07) is 6.39. The Morgan fingerprint density at radius 3 is 2.71 bits per heavy atom. The number of rotatable bonds is 6. The van der Waals surface area contributed by atoms with E-state index in [9.17, 15) is 17.6 Å². The Balaban J connectivity index is 1.60. The highest BCUT2D eigenvalue weighted by Gasteiger charge is 2.46. The van der Waals surface area contributed by atoms with Crippen molar-refractivity contribution in [3.8, 4) is 17.3 Å². The molecule has 1 unspecified atom stereocenters. The van der Waals surface area contributed by atoms with Gasteiger partial charge < -0.3 is 15.6 Å². The predicted octanol–water partition coefficient (Wildman–Crippen LogP) is 3.09. The molecule has 0 amide bonds. The summed E-state index contributed by atoms with van der Waals surface area (Å²) in [6.45, 7) is 0.0761. The summed E-state index contributed by atoms with van der Waals surface area (Å²) in [5.74, 6) is -0.175. The fourth-order valence-corrected chi connectivity index (χ4v) is 4.46. The van der Waals surface area contributed by atoms with Crippen molar-refractivity contribution in [2.75, 3.05) is 26.3 Å². The lowest BCUT2D eigenvalue weighted by Crippen LogP contribution is -2.38. The van der Waals surface area contributed by atoms with Crippen molar-refractivity contribution in [1.82, 2.24) is 24.5 Å². The fourth-order valence-electron chi connectivity index (χ4n) is 4.46. The van der Waals surface area contributed by atoms with Gasteiger partial charge in [0.25, 0.3) is 0 Å². The number of halogens is 4. The minimum Gasteiger partial charge on any atom is -0.489 e. The van der Waals surface area contributed by atoms with Crippen LogP contribution in [0.1, 0.15) is 18.0 Å². The molecule has 1 aliphatic rings. The predicted molar refractivity (Wildman–Crippen MR) is 119 cm³/mol. The minimum absolute atomic E-state index is 0.0370. The lowest BCUT2D eigenvalue weighted by atomic mass is 10.1. The van der Waals surface area contributed by atoms with Crippen molar-refractivity contribution in [3.05, 3.63) is 54.0 Å². The number of pyridine rings is 2. The van der Waals surface area contributed by atoms with Gasteiger partial charge in [0.2, 0.25) is 0 Å². The molecule has 3 aromatic heterocycles. The highest BCUT2D eigenvalue weighted by molar-refractivity contribution is 5.86. The van der Waals surface area contributed by atoms with Gasteiger partial charge in [0, 0.05) is 36.8 Å². The fraction of sp³-hybridized carbons (Fsp3) is 0.348. The van der Waals surface area contributed by atoms with E-state index in [2.05, 4.69) is 15.2 Å². The molecule has 1 fully saturated rings. The largest absolute Gasteiger partial charge is 0.489 e. The maximum atomic E-state index is 14.1.